The Morgan fingerprint density at radius 3 is 2.85 bits per heavy atom. The number of likely N-dealkylation sites (tertiary alicyclic amines) is 1. The summed E-state index contributed by atoms with van der Waals surface area (Å²) in [5.41, 5.74) is 0.698. The van der Waals surface area contributed by atoms with Crippen molar-refractivity contribution >= 4 is 5.91 Å². The van der Waals surface area contributed by atoms with Crippen molar-refractivity contribution < 1.29 is 9.90 Å². The van der Waals surface area contributed by atoms with Crippen LogP contribution < -0.4 is 5.32 Å². The van der Waals surface area contributed by atoms with Crippen LogP contribution in [-0.2, 0) is 4.79 Å². The number of para-hydroxylation sites is 1. The van der Waals surface area contributed by atoms with E-state index in [1.165, 1.54) is 0 Å². The molecule has 0 aromatic heterocycles. The maximum absolute atomic E-state index is 12.2. The molecule has 20 heavy (non-hydrogen) atoms. The van der Waals surface area contributed by atoms with E-state index >= 15 is 0 Å². The molecule has 2 rings (SSSR count). The number of nitrogens with one attached hydrogen (secondary N) is 1. The standard InChI is InChI=1S/C15H19N3O2/c1-10(13-5-3-4-6-14(13)19)17-15(20)11-7-12(8-16)18(2)9-11/h3-6,10-12,19H,7,9H2,1-2H3,(H,17,20). The Morgan fingerprint density at radius 2 is 2.25 bits per heavy atom. The van der Waals surface area contributed by atoms with E-state index in [-0.39, 0.29) is 29.7 Å². The summed E-state index contributed by atoms with van der Waals surface area (Å²) < 4.78 is 0. The Hall–Kier alpha value is -2.06. The van der Waals surface area contributed by atoms with Gasteiger partial charge in [0.25, 0.3) is 0 Å². The van der Waals surface area contributed by atoms with Crippen molar-refractivity contribution in [2.45, 2.75) is 25.4 Å². The molecule has 2 N–H and O–H groups in total. The zero-order valence-electron chi connectivity index (χ0n) is 11.7. The van der Waals surface area contributed by atoms with Crippen molar-refractivity contribution in [2.75, 3.05) is 13.6 Å². The van der Waals surface area contributed by atoms with Crippen LogP contribution in [0.25, 0.3) is 0 Å². The van der Waals surface area contributed by atoms with Crippen molar-refractivity contribution in [1.29, 1.82) is 5.26 Å². The number of nitriles is 1. The van der Waals surface area contributed by atoms with Gasteiger partial charge in [-0.05, 0) is 26.5 Å². The first-order chi connectivity index (χ1) is 9.52. The lowest BCUT2D eigenvalue weighted by Gasteiger charge is -2.18. The molecule has 1 aromatic carbocycles. The first-order valence-electron chi connectivity index (χ1n) is 6.71. The van der Waals surface area contributed by atoms with E-state index in [1.807, 2.05) is 24.9 Å². The Bertz CT molecular complexity index is 538. The van der Waals surface area contributed by atoms with Crippen LogP contribution in [0.2, 0.25) is 0 Å². The van der Waals surface area contributed by atoms with Crippen molar-refractivity contribution in [1.82, 2.24) is 10.2 Å². The third-order valence-corrected chi connectivity index (χ3v) is 3.83. The van der Waals surface area contributed by atoms with E-state index in [4.69, 9.17) is 5.26 Å². The summed E-state index contributed by atoms with van der Waals surface area (Å²) in [6, 6.07) is 8.72. The van der Waals surface area contributed by atoms with Crippen molar-refractivity contribution in [2.24, 2.45) is 5.92 Å². The molecular weight excluding hydrogens is 254 g/mol. The van der Waals surface area contributed by atoms with Gasteiger partial charge < -0.3 is 10.4 Å². The fraction of sp³-hybridized carbons (Fsp3) is 0.467. The molecule has 0 aliphatic carbocycles. The van der Waals surface area contributed by atoms with E-state index in [9.17, 15) is 9.90 Å². The molecule has 1 aromatic rings. The molecule has 1 amide bonds. The Kier molecular flexibility index (Phi) is 4.26. The van der Waals surface area contributed by atoms with Gasteiger partial charge in [-0.1, -0.05) is 18.2 Å². The predicted octanol–water partition coefficient (Wildman–Crippen LogP) is 1.41. The summed E-state index contributed by atoms with van der Waals surface area (Å²) in [7, 11) is 1.85. The van der Waals surface area contributed by atoms with E-state index in [2.05, 4.69) is 11.4 Å². The summed E-state index contributed by atoms with van der Waals surface area (Å²) in [6.45, 7) is 2.44. The predicted molar refractivity (Wildman–Crippen MR) is 74.8 cm³/mol. The number of aromatic hydroxyl groups is 1. The van der Waals surface area contributed by atoms with Crippen molar-refractivity contribution in [3.05, 3.63) is 29.8 Å². The second kappa shape index (κ2) is 5.93. The quantitative estimate of drug-likeness (QED) is 0.873. The highest BCUT2D eigenvalue weighted by atomic mass is 16.3. The number of amides is 1. The minimum Gasteiger partial charge on any atom is -0.508 e. The van der Waals surface area contributed by atoms with Gasteiger partial charge in [0.05, 0.1) is 24.1 Å². The molecular formula is C15H19N3O2. The van der Waals surface area contributed by atoms with Gasteiger partial charge >= 0.3 is 0 Å². The van der Waals surface area contributed by atoms with Crippen molar-refractivity contribution in [3.63, 3.8) is 0 Å². The van der Waals surface area contributed by atoms with E-state index in [0.717, 1.165) is 0 Å². The largest absolute Gasteiger partial charge is 0.508 e. The van der Waals surface area contributed by atoms with E-state index < -0.39 is 0 Å². The molecule has 5 heteroatoms. The number of carbonyl (C=O) groups is 1. The Balaban J connectivity index is 1.99. The highest BCUT2D eigenvalue weighted by Crippen LogP contribution is 2.25. The molecule has 3 unspecified atom stereocenters. The van der Waals surface area contributed by atoms with Crippen LogP contribution in [0.4, 0.5) is 0 Å². The summed E-state index contributed by atoms with van der Waals surface area (Å²) in [6.07, 6.45) is 0.562. The van der Waals surface area contributed by atoms with Crippen LogP contribution in [0.1, 0.15) is 24.9 Å². The molecule has 1 aliphatic heterocycles. The van der Waals surface area contributed by atoms with Crippen LogP contribution in [-0.4, -0.2) is 35.5 Å². The maximum Gasteiger partial charge on any atom is 0.224 e. The van der Waals surface area contributed by atoms with Gasteiger partial charge in [0, 0.05) is 12.1 Å². The van der Waals surface area contributed by atoms with E-state index in [0.29, 0.717) is 18.5 Å². The van der Waals surface area contributed by atoms with Crippen LogP contribution in [0.3, 0.4) is 0 Å². The summed E-state index contributed by atoms with van der Waals surface area (Å²) in [5.74, 6) is -0.0537. The highest BCUT2D eigenvalue weighted by molar-refractivity contribution is 5.80. The zero-order chi connectivity index (χ0) is 14.7. The molecule has 1 fully saturated rings. The molecule has 1 aliphatic rings. The van der Waals surface area contributed by atoms with Gasteiger partial charge in [0.2, 0.25) is 5.91 Å². The maximum atomic E-state index is 12.2. The molecule has 1 heterocycles. The minimum atomic E-state index is -0.254. The fourth-order valence-corrected chi connectivity index (χ4v) is 2.60. The Morgan fingerprint density at radius 1 is 1.55 bits per heavy atom. The highest BCUT2D eigenvalue weighted by Gasteiger charge is 2.34. The minimum absolute atomic E-state index is 0.0645. The average Bonchev–Trinajstić information content (AvgIpc) is 2.80. The summed E-state index contributed by atoms with van der Waals surface area (Å²) >= 11 is 0. The normalized spacial score (nSPS) is 24.1. The van der Waals surface area contributed by atoms with E-state index in [1.54, 1.807) is 18.2 Å². The van der Waals surface area contributed by atoms with Gasteiger partial charge in [-0.15, -0.1) is 0 Å². The average molecular weight is 273 g/mol. The summed E-state index contributed by atoms with van der Waals surface area (Å²) in [4.78, 5) is 14.1. The number of hydrogen-bond acceptors (Lipinski definition) is 4. The lowest BCUT2D eigenvalue weighted by molar-refractivity contribution is -0.125. The fourth-order valence-electron chi connectivity index (χ4n) is 2.60. The smallest absolute Gasteiger partial charge is 0.224 e. The number of benzene rings is 1. The lowest BCUT2D eigenvalue weighted by atomic mass is 10.0. The summed E-state index contributed by atoms with van der Waals surface area (Å²) in [5, 5.41) is 21.7. The zero-order valence-corrected chi connectivity index (χ0v) is 11.7. The van der Waals surface area contributed by atoms with Gasteiger partial charge in [0.1, 0.15) is 5.75 Å². The lowest BCUT2D eigenvalue weighted by Crippen LogP contribution is -2.34. The number of phenolic OH excluding ortho intramolecular Hbond substituents is 1. The van der Waals surface area contributed by atoms with Crippen molar-refractivity contribution in [3.8, 4) is 11.8 Å². The monoisotopic (exact) mass is 273 g/mol. The van der Waals surface area contributed by atoms with Crippen LogP contribution >= 0.6 is 0 Å². The van der Waals surface area contributed by atoms with Crippen LogP contribution in [0.5, 0.6) is 5.75 Å². The SMILES string of the molecule is CC(NC(=O)C1CC(C#N)N(C)C1)c1ccccc1O. The number of carbonyl (C=O) groups excluding carboxylic acids is 1. The number of nitrogens with zero attached hydrogens (tertiary/aromatic N) is 2. The van der Waals surface area contributed by atoms with Crippen LogP contribution in [0, 0.1) is 17.2 Å². The molecule has 5 nitrogen and oxygen atoms in total. The molecule has 0 saturated carbocycles. The van der Waals surface area contributed by atoms with Gasteiger partial charge in [-0.2, -0.15) is 5.26 Å². The van der Waals surface area contributed by atoms with Gasteiger partial charge in [-0.25, -0.2) is 0 Å². The number of phenols is 1. The molecule has 0 radical (unpaired) electrons. The third kappa shape index (κ3) is 2.91. The topological polar surface area (TPSA) is 76.4 Å². The third-order valence-electron chi connectivity index (χ3n) is 3.83. The molecule has 0 spiro atoms. The molecule has 106 valence electrons. The molecule has 1 saturated heterocycles. The second-order valence-electron chi connectivity index (χ2n) is 5.31. The first kappa shape index (κ1) is 14.4. The van der Waals surface area contributed by atoms with Crippen LogP contribution in [0.15, 0.2) is 24.3 Å². The Labute approximate surface area is 118 Å². The van der Waals surface area contributed by atoms with Gasteiger partial charge in [0.15, 0.2) is 0 Å². The van der Waals surface area contributed by atoms with Gasteiger partial charge in [-0.3, -0.25) is 9.69 Å². The molecule has 0 bridgehead atoms. The number of rotatable bonds is 3. The first-order valence-corrected chi connectivity index (χ1v) is 6.71. The molecule has 3 atom stereocenters. The second-order valence-corrected chi connectivity index (χ2v) is 5.31. The number of hydrogen-bond donors (Lipinski definition) is 2.